The number of carbonyl (C=O) groups excluding carboxylic acids is 1. The number of benzene rings is 1. The van der Waals surface area contributed by atoms with Gasteiger partial charge in [0.25, 0.3) is 0 Å². The zero-order valence-corrected chi connectivity index (χ0v) is 19.0. The van der Waals surface area contributed by atoms with Crippen LogP contribution in [0, 0.1) is 5.82 Å². The molecule has 9 heteroatoms. The van der Waals surface area contributed by atoms with Gasteiger partial charge in [0.1, 0.15) is 17.7 Å². The van der Waals surface area contributed by atoms with E-state index in [9.17, 15) is 9.18 Å². The topological polar surface area (TPSA) is 54.9 Å². The summed E-state index contributed by atoms with van der Waals surface area (Å²) in [4.78, 5) is 20.8. The maximum absolute atomic E-state index is 14.7. The normalized spacial score (nSPS) is 21.5. The summed E-state index contributed by atoms with van der Waals surface area (Å²) in [6.07, 6.45) is 1.20. The van der Waals surface area contributed by atoms with E-state index in [-0.39, 0.29) is 33.2 Å². The summed E-state index contributed by atoms with van der Waals surface area (Å²) >= 11 is 9.39. The maximum atomic E-state index is 14.7. The van der Waals surface area contributed by atoms with E-state index < -0.39 is 11.4 Å². The van der Waals surface area contributed by atoms with Gasteiger partial charge in [-0.2, -0.15) is 0 Å². The number of anilines is 1. The number of rotatable bonds is 0. The quantitative estimate of drug-likeness (QED) is 0.491. The molecular formula is C20H22BrClFN3O3. The van der Waals surface area contributed by atoms with Crippen molar-refractivity contribution in [2.24, 2.45) is 0 Å². The highest BCUT2D eigenvalue weighted by molar-refractivity contribution is 9.10. The van der Waals surface area contributed by atoms with Crippen LogP contribution in [0.4, 0.5) is 14.9 Å². The van der Waals surface area contributed by atoms with Crippen LogP contribution in [0.25, 0.3) is 10.9 Å². The number of pyridine rings is 1. The number of hydrogen-bond acceptors (Lipinski definition) is 5. The number of ether oxygens (including phenoxy) is 2. The number of fused-ring (bicyclic) bond motifs is 5. The molecule has 0 spiro atoms. The highest BCUT2D eigenvalue weighted by Gasteiger charge is 2.40. The summed E-state index contributed by atoms with van der Waals surface area (Å²) in [7, 11) is 0. The van der Waals surface area contributed by atoms with Crippen LogP contribution in [0.1, 0.15) is 27.7 Å². The molecule has 4 rings (SSSR count). The van der Waals surface area contributed by atoms with E-state index >= 15 is 0 Å². The molecule has 1 fully saturated rings. The minimum absolute atomic E-state index is 0.0812. The van der Waals surface area contributed by atoms with E-state index in [4.69, 9.17) is 21.1 Å². The number of amides is 1. The third kappa shape index (κ3) is 3.61. The summed E-state index contributed by atoms with van der Waals surface area (Å²) in [5, 5.41) is 0.864. The zero-order valence-electron chi connectivity index (χ0n) is 16.6. The molecule has 156 valence electrons. The van der Waals surface area contributed by atoms with Crippen molar-refractivity contribution in [1.29, 1.82) is 0 Å². The van der Waals surface area contributed by atoms with E-state index in [2.05, 4.69) is 25.8 Å². The molecule has 6 nitrogen and oxygen atoms in total. The smallest absolute Gasteiger partial charge is 0.410 e. The number of piperazine rings is 1. The number of hydrogen-bond donors (Lipinski definition) is 0. The molecule has 2 aromatic rings. The SMILES string of the molecule is C[C@@H]1CN2c3c(cnc4c(F)c(Br)c(Cl)cc34)OC[C@H]2CN1C(=O)OC(C)(C)C. The molecule has 0 aliphatic carbocycles. The molecule has 0 N–H and O–H groups in total. The van der Waals surface area contributed by atoms with Crippen molar-refractivity contribution in [1.82, 2.24) is 9.88 Å². The standard InChI is InChI=1S/C20H22BrClFN3O3/c1-10-7-26-11(8-25(10)19(27)29-20(2,3)4)9-28-14-6-24-17-12(18(14)26)5-13(22)15(21)16(17)23/h5-6,10-11H,7-9H2,1-4H3/t10-,11-/m1/s1. The first-order valence-corrected chi connectivity index (χ1v) is 10.6. The van der Waals surface area contributed by atoms with Crippen LogP contribution in [0.15, 0.2) is 16.7 Å². The fraction of sp³-hybridized carbons (Fsp3) is 0.500. The molecule has 2 atom stereocenters. The molecule has 2 aliphatic heterocycles. The predicted molar refractivity (Wildman–Crippen MR) is 113 cm³/mol. The lowest BCUT2D eigenvalue weighted by Crippen LogP contribution is -2.62. The average molecular weight is 487 g/mol. The predicted octanol–water partition coefficient (Wildman–Crippen LogP) is 5.00. The second-order valence-corrected chi connectivity index (χ2v) is 9.65. The van der Waals surface area contributed by atoms with E-state index in [1.807, 2.05) is 27.7 Å². The Hall–Kier alpha value is -1.80. The van der Waals surface area contributed by atoms with Gasteiger partial charge in [0.15, 0.2) is 11.6 Å². The van der Waals surface area contributed by atoms with Crippen molar-refractivity contribution < 1.29 is 18.7 Å². The minimum Gasteiger partial charge on any atom is -0.488 e. The highest BCUT2D eigenvalue weighted by Crippen LogP contribution is 2.44. The number of aromatic nitrogens is 1. The molecule has 0 bridgehead atoms. The van der Waals surface area contributed by atoms with Crippen LogP contribution in [0.5, 0.6) is 5.75 Å². The molecule has 0 radical (unpaired) electrons. The number of carbonyl (C=O) groups is 1. The second kappa shape index (κ2) is 7.16. The lowest BCUT2D eigenvalue weighted by atomic mass is 10.0. The molecule has 0 saturated carbocycles. The highest BCUT2D eigenvalue weighted by atomic mass is 79.9. The third-order valence-electron chi connectivity index (χ3n) is 5.12. The lowest BCUT2D eigenvalue weighted by molar-refractivity contribution is 0.00997. The number of nitrogens with zero attached hydrogens (tertiary/aromatic N) is 3. The van der Waals surface area contributed by atoms with Gasteiger partial charge in [0, 0.05) is 24.5 Å². The van der Waals surface area contributed by atoms with Crippen LogP contribution in [-0.2, 0) is 4.74 Å². The molecule has 3 heterocycles. The molecule has 1 amide bonds. The summed E-state index contributed by atoms with van der Waals surface area (Å²) in [6.45, 7) is 8.94. The van der Waals surface area contributed by atoms with Gasteiger partial charge in [-0.05, 0) is 49.7 Å². The van der Waals surface area contributed by atoms with Crippen molar-refractivity contribution in [2.75, 3.05) is 24.6 Å². The lowest BCUT2D eigenvalue weighted by Gasteiger charge is -2.48. The second-order valence-electron chi connectivity index (χ2n) is 8.45. The van der Waals surface area contributed by atoms with Crippen molar-refractivity contribution in [3.05, 3.63) is 27.6 Å². The summed E-state index contributed by atoms with van der Waals surface area (Å²) < 4.78 is 26.4. The maximum Gasteiger partial charge on any atom is 0.410 e. The van der Waals surface area contributed by atoms with E-state index in [0.29, 0.717) is 30.8 Å². The van der Waals surface area contributed by atoms with Gasteiger partial charge in [0.05, 0.1) is 27.4 Å². The van der Waals surface area contributed by atoms with Crippen LogP contribution in [-0.4, -0.2) is 53.4 Å². The molecule has 1 saturated heterocycles. The third-order valence-corrected chi connectivity index (χ3v) is 6.43. The van der Waals surface area contributed by atoms with Gasteiger partial charge in [-0.3, -0.25) is 0 Å². The Labute approximate surface area is 182 Å². The van der Waals surface area contributed by atoms with Crippen molar-refractivity contribution in [3.63, 3.8) is 0 Å². The van der Waals surface area contributed by atoms with Gasteiger partial charge in [-0.15, -0.1) is 0 Å². The summed E-state index contributed by atoms with van der Waals surface area (Å²) in [5.74, 6) is 0.0855. The van der Waals surface area contributed by atoms with Crippen LogP contribution >= 0.6 is 27.5 Å². The first-order valence-electron chi connectivity index (χ1n) is 9.42. The van der Waals surface area contributed by atoms with Gasteiger partial charge >= 0.3 is 6.09 Å². The number of halogens is 3. The van der Waals surface area contributed by atoms with Gasteiger partial charge in [-0.25, -0.2) is 14.2 Å². The summed E-state index contributed by atoms with van der Waals surface area (Å²) in [6, 6.07) is 1.53. The first-order chi connectivity index (χ1) is 13.6. The zero-order chi connectivity index (χ0) is 21.1. The Balaban J connectivity index is 1.72. The molecule has 1 aromatic carbocycles. The minimum atomic E-state index is -0.562. The van der Waals surface area contributed by atoms with Crippen molar-refractivity contribution in [3.8, 4) is 5.75 Å². The molecule has 2 aliphatic rings. The van der Waals surface area contributed by atoms with E-state index in [1.54, 1.807) is 17.2 Å². The Kier molecular flexibility index (Phi) is 5.06. The average Bonchev–Trinajstić information content (AvgIpc) is 2.63. The Bertz CT molecular complexity index is 997. The van der Waals surface area contributed by atoms with E-state index in [0.717, 1.165) is 5.69 Å². The van der Waals surface area contributed by atoms with Crippen LogP contribution in [0.3, 0.4) is 0 Å². The molecule has 29 heavy (non-hydrogen) atoms. The Morgan fingerprint density at radius 1 is 1.41 bits per heavy atom. The van der Waals surface area contributed by atoms with E-state index in [1.165, 1.54) is 0 Å². The van der Waals surface area contributed by atoms with Gasteiger partial charge < -0.3 is 19.3 Å². The van der Waals surface area contributed by atoms with Crippen LogP contribution < -0.4 is 9.64 Å². The molecule has 1 aromatic heterocycles. The van der Waals surface area contributed by atoms with Crippen molar-refractivity contribution in [2.45, 2.75) is 45.4 Å². The van der Waals surface area contributed by atoms with Gasteiger partial charge in [-0.1, -0.05) is 11.6 Å². The first kappa shape index (κ1) is 20.5. The Morgan fingerprint density at radius 2 is 2.14 bits per heavy atom. The van der Waals surface area contributed by atoms with Gasteiger partial charge in [0.2, 0.25) is 0 Å². The fourth-order valence-corrected chi connectivity index (χ4v) is 4.32. The monoisotopic (exact) mass is 485 g/mol. The Morgan fingerprint density at radius 3 is 2.83 bits per heavy atom. The van der Waals surface area contributed by atoms with Crippen molar-refractivity contribution >= 4 is 50.2 Å². The molecule has 0 unspecified atom stereocenters. The summed E-state index contributed by atoms with van der Waals surface area (Å²) in [5.41, 5.74) is 0.425. The molecular weight excluding hydrogens is 465 g/mol. The van der Waals surface area contributed by atoms with Crippen LogP contribution in [0.2, 0.25) is 5.02 Å². The largest absolute Gasteiger partial charge is 0.488 e. The fourth-order valence-electron chi connectivity index (χ4n) is 3.83.